The van der Waals surface area contributed by atoms with E-state index in [2.05, 4.69) is 10.4 Å². The maximum Gasteiger partial charge on any atom is 0.359 e. The van der Waals surface area contributed by atoms with Gasteiger partial charge in [0.2, 0.25) is 0 Å². The number of esters is 1. The van der Waals surface area contributed by atoms with Crippen molar-refractivity contribution in [2.24, 2.45) is 0 Å². The molecular formula is C22H14F3N3O4S. The number of fused-ring (bicyclic) bond motifs is 1. The molecule has 1 amide bonds. The molecule has 0 fully saturated rings. The topological polar surface area (TPSA) is 90.3 Å². The fourth-order valence-electron chi connectivity index (χ4n) is 3.09. The summed E-state index contributed by atoms with van der Waals surface area (Å²) in [7, 11) is 0. The molecule has 1 N–H and O–H groups in total. The number of rotatable bonds is 5. The number of anilines is 1. The van der Waals surface area contributed by atoms with Gasteiger partial charge in [-0.15, -0.1) is 11.3 Å². The van der Waals surface area contributed by atoms with E-state index in [0.717, 1.165) is 40.3 Å². The van der Waals surface area contributed by atoms with Crippen LogP contribution in [0.25, 0.3) is 16.5 Å². The molecular weight excluding hydrogens is 459 g/mol. The predicted octanol–water partition coefficient (Wildman–Crippen LogP) is 4.29. The first-order chi connectivity index (χ1) is 15.8. The summed E-state index contributed by atoms with van der Waals surface area (Å²) in [6.45, 7) is 1.64. The summed E-state index contributed by atoms with van der Waals surface area (Å²) in [4.78, 5) is 38.3. The summed E-state index contributed by atoms with van der Waals surface area (Å²) < 4.78 is 46.3. The van der Waals surface area contributed by atoms with Gasteiger partial charge in [0.25, 0.3) is 11.5 Å². The zero-order chi connectivity index (χ0) is 23.7. The van der Waals surface area contributed by atoms with E-state index in [1.54, 1.807) is 6.92 Å². The van der Waals surface area contributed by atoms with Crippen LogP contribution in [0.15, 0.2) is 52.6 Å². The summed E-state index contributed by atoms with van der Waals surface area (Å²) in [5.74, 6) is -4.57. The standard InChI is InChI=1S/C22H14F3N3O4S/c1-2-32-22(31)18-14-10-33-20(26-19(29)11-6-7-15(24)16(25)8-11)17(14)21(30)28(27-18)13-5-3-4-12(23)9-13/h3-10H,2H2,1H3,(H,26,29). The van der Waals surface area contributed by atoms with Crippen molar-refractivity contribution < 1.29 is 27.5 Å². The molecule has 168 valence electrons. The van der Waals surface area contributed by atoms with Crippen LogP contribution < -0.4 is 10.9 Å². The summed E-state index contributed by atoms with van der Waals surface area (Å²) >= 11 is 0.929. The minimum Gasteiger partial charge on any atom is -0.461 e. The molecule has 0 spiro atoms. The van der Waals surface area contributed by atoms with Gasteiger partial charge in [0.05, 0.1) is 17.7 Å². The van der Waals surface area contributed by atoms with Crippen LogP contribution in [-0.2, 0) is 4.74 Å². The largest absolute Gasteiger partial charge is 0.461 e. The van der Waals surface area contributed by atoms with Gasteiger partial charge < -0.3 is 10.1 Å². The van der Waals surface area contributed by atoms with E-state index in [4.69, 9.17) is 4.74 Å². The normalized spacial score (nSPS) is 10.9. The SMILES string of the molecule is CCOC(=O)c1nn(-c2cccc(F)c2)c(=O)c2c(NC(=O)c3ccc(F)c(F)c3)scc12. The molecule has 2 aromatic carbocycles. The van der Waals surface area contributed by atoms with Gasteiger partial charge in [0.1, 0.15) is 10.8 Å². The molecule has 0 aliphatic rings. The van der Waals surface area contributed by atoms with Crippen LogP contribution in [0.3, 0.4) is 0 Å². The van der Waals surface area contributed by atoms with Crippen molar-refractivity contribution in [3.63, 3.8) is 0 Å². The highest BCUT2D eigenvalue weighted by atomic mass is 32.1. The lowest BCUT2D eigenvalue weighted by Gasteiger charge is -2.10. The van der Waals surface area contributed by atoms with Crippen molar-refractivity contribution in [3.8, 4) is 5.69 Å². The molecule has 2 aromatic heterocycles. The van der Waals surface area contributed by atoms with Crippen molar-refractivity contribution in [1.29, 1.82) is 0 Å². The molecule has 2 heterocycles. The lowest BCUT2D eigenvalue weighted by Crippen LogP contribution is -2.25. The van der Waals surface area contributed by atoms with Crippen LogP contribution in [0, 0.1) is 17.5 Å². The highest BCUT2D eigenvalue weighted by molar-refractivity contribution is 7.16. The Morgan fingerprint density at radius 2 is 1.91 bits per heavy atom. The number of nitrogens with one attached hydrogen (secondary N) is 1. The van der Waals surface area contributed by atoms with Crippen LogP contribution in [0.2, 0.25) is 0 Å². The van der Waals surface area contributed by atoms with E-state index in [0.29, 0.717) is 0 Å². The van der Waals surface area contributed by atoms with E-state index < -0.39 is 34.9 Å². The summed E-state index contributed by atoms with van der Waals surface area (Å²) in [6, 6.07) is 7.63. The number of hydrogen-bond donors (Lipinski definition) is 1. The second-order valence-corrected chi connectivity index (χ2v) is 7.58. The molecule has 0 saturated carbocycles. The first-order valence-corrected chi connectivity index (χ1v) is 10.4. The smallest absolute Gasteiger partial charge is 0.359 e. The van der Waals surface area contributed by atoms with Crippen LogP contribution in [-0.4, -0.2) is 28.3 Å². The Hall–Kier alpha value is -3.99. The number of carbonyl (C=O) groups excluding carboxylic acids is 2. The molecule has 0 unspecified atom stereocenters. The molecule has 0 aliphatic carbocycles. The summed E-state index contributed by atoms with van der Waals surface area (Å²) in [5.41, 5.74) is -1.07. The number of nitrogens with zero attached hydrogens (tertiary/aromatic N) is 2. The van der Waals surface area contributed by atoms with Crippen molar-refractivity contribution in [3.05, 3.63) is 86.9 Å². The number of hydrogen-bond acceptors (Lipinski definition) is 6. The number of halogens is 3. The molecule has 4 aromatic rings. The van der Waals surface area contributed by atoms with Crippen LogP contribution >= 0.6 is 11.3 Å². The van der Waals surface area contributed by atoms with E-state index >= 15 is 0 Å². The van der Waals surface area contributed by atoms with Gasteiger partial charge in [-0.25, -0.2) is 18.0 Å². The number of amides is 1. The fourth-order valence-corrected chi connectivity index (χ4v) is 4.02. The van der Waals surface area contributed by atoms with Crippen LogP contribution in [0.4, 0.5) is 18.2 Å². The van der Waals surface area contributed by atoms with E-state index in [1.165, 1.54) is 23.6 Å². The monoisotopic (exact) mass is 473 g/mol. The van der Waals surface area contributed by atoms with E-state index in [9.17, 15) is 27.6 Å². The Morgan fingerprint density at radius 3 is 2.61 bits per heavy atom. The summed E-state index contributed by atoms with van der Waals surface area (Å²) in [6.07, 6.45) is 0. The average molecular weight is 473 g/mol. The van der Waals surface area contributed by atoms with Crippen LogP contribution in [0.1, 0.15) is 27.8 Å². The number of thiophene rings is 1. The Balaban J connectivity index is 1.88. The molecule has 7 nitrogen and oxygen atoms in total. The van der Waals surface area contributed by atoms with Crippen molar-refractivity contribution >= 4 is 39.0 Å². The Bertz CT molecular complexity index is 1470. The molecule has 11 heteroatoms. The maximum absolute atomic E-state index is 13.8. The number of benzene rings is 2. The zero-order valence-electron chi connectivity index (χ0n) is 16.9. The molecule has 33 heavy (non-hydrogen) atoms. The fraction of sp³-hybridized carbons (Fsp3) is 0.0909. The molecule has 4 rings (SSSR count). The first-order valence-electron chi connectivity index (χ1n) is 9.54. The van der Waals surface area contributed by atoms with Gasteiger partial charge in [0.15, 0.2) is 17.3 Å². The number of carbonyl (C=O) groups is 2. The van der Waals surface area contributed by atoms with Gasteiger partial charge >= 0.3 is 5.97 Å². The van der Waals surface area contributed by atoms with E-state index in [-0.39, 0.29) is 39.3 Å². The van der Waals surface area contributed by atoms with Crippen molar-refractivity contribution in [2.75, 3.05) is 11.9 Å². The van der Waals surface area contributed by atoms with Gasteiger partial charge in [0, 0.05) is 16.3 Å². The lowest BCUT2D eigenvalue weighted by molar-refractivity contribution is 0.0520. The highest BCUT2D eigenvalue weighted by Crippen LogP contribution is 2.31. The zero-order valence-corrected chi connectivity index (χ0v) is 17.7. The van der Waals surface area contributed by atoms with Gasteiger partial charge in [-0.1, -0.05) is 6.07 Å². The van der Waals surface area contributed by atoms with Crippen molar-refractivity contribution in [2.45, 2.75) is 6.92 Å². The number of aromatic nitrogens is 2. The molecule has 0 radical (unpaired) electrons. The summed E-state index contributed by atoms with van der Waals surface area (Å²) in [5, 5.41) is 8.08. The van der Waals surface area contributed by atoms with Gasteiger partial charge in [-0.2, -0.15) is 9.78 Å². The Kier molecular flexibility index (Phi) is 5.97. The minimum atomic E-state index is -1.21. The van der Waals surface area contributed by atoms with Gasteiger partial charge in [-0.3, -0.25) is 9.59 Å². The van der Waals surface area contributed by atoms with E-state index in [1.807, 2.05) is 0 Å². The first kappa shape index (κ1) is 22.2. The third-order valence-electron chi connectivity index (χ3n) is 4.58. The number of ether oxygens (including phenoxy) is 1. The van der Waals surface area contributed by atoms with Gasteiger partial charge in [-0.05, 0) is 43.3 Å². The average Bonchev–Trinajstić information content (AvgIpc) is 3.20. The molecule has 0 bridgehead atoms. The maximum atomic E-state index is 13.8. The Morgan fingerprint density at radius 1 is 1.12 bits per heavy atom. The Labute approximate surface area is 188 Å². The lowest BCUT2D eigenvalue weighted by atomic mass is 10.2. The second kappa shape index (κ2) is 8.87. The van der Waals surface area contributed by atoms with Crippen molar-refractivity contribution in [1.82, 2.24) is 9.78 Å². The quantitative estimate of drug-likeness (QED) is 0.437. The molecule has 0 saturated heterocycles. The van der Waals surface area contributed by atoms with Crippen LogP contribution in [0.5, 0.6) is 0 Å². The highest BCUT2D eigenvalue weighted by Gasteiger charge is 2.23. The molecule has 0 aliphatic heterocycles. The minimum absolute atomic E-state index is 0.0443. The predicted molar refractivity (Wildman–Crippen MR) is 115 cm³/mol. The molecule has 0 atom stereocenters. The third kappa shape index (κ3) is 4.22. The third-order valence-corrected chi connectivity index (χ3v) is 5.48. The second-order valence-electron chi connectivity index (χ2n) is 6.70.